The van der Waals surface area contributed by atoms with E-state index in [0.717, 1.165) is 43.7 Å². The first-order valence-corrected chi connectivity index (χ1v) is 7.56. The van der Waals surface area contributed by atoms with E-state index in [1.54, 1.807) is 19.2 Å². The van der Waals surface area contributed by atoms with Crippen molar-refractivity contribution in [3.63, 3.8) is 0 Å². The van der Waals surface area contributed by atoms with Crippen molar-refractivity contribution in [1.82, 2.24) is 5.32 Å². The van der Waals surface area contributed by atoms with Crippen molar-refractivity contribution in [2.45, 2.75) is 44.4 Å². The fourth-order valence-electron chi connectivity index (χ4n) is 2.93. The molecule has 1 aromatic carbocycles. The van der Waals surface area contributed by atoms with E-state index in [1.165, 1.54) is 12.8 Å². The van der Waals surface area contributed by atoms with Gasteiger partial charge in [-0.3, -0.25) is 0 Å². The SMILES string of the molecule is COC1CCCN(c2c(F)cccc2CNC2CC2)C1. The number of rotatable bonds is 5. The van der Waals surface area contributed by atoms with E-state index in [4.69, 9.17) is 4.74 Å². The highest BCUT2D eigenvalue weighted by Crippen LogP contribution is 2.29. The van der Waals surface area contributed by atoms with Crippen LogP contribution in [0.2, 0.25) is 0 Å². The molecule has 3 nitrogen and oxygen atoms in total. The molecule has 1 saturated heterocycles. The van der Waals surface area contributed by atoms with Gasteiger partial charge in [-0.1, -0.05) is 12.1 Å². The van der Waals surface area contributed by atoms with Gasteiger partial charge in [0.05, 0.1) is 11.8 Å². The van der Waals surface area contributed by atoms with E-state index in [0.29, 0.717) is 6.04 Å². The average molecular weight is 278 g/mol. The van der Waals surface area contributed by atoms with Gasteiger partial charge in [0.1, 0.15) is 5.82 Å². The molecule has 20 heavy (non-hydrogen) atoms. The van der Waals surface area contributed by atoms with Gasteiger partial charge in [-0.25, -0.2) is 4.39 Å². The van der Waals surface area contributed by atoms with Crippen molar-refractivity contribution in [2.75, 3.05) is 25.1 Å². The fraction of sp³-hybridized carbons (Fsp3) is 0.625. The minimum absolute atomic E-state index is 0.114. The Hall–Kier alpha value is -1.13. The monoisotopic (exact) mass is 278 g/mol. The number of hydrogen-bond acceptors (Lipinski definition) is 3. The van der Waals surface area contributed by atoms with Crippen molar-refractivity contribution in [3.05, 3.63) is 29.6 Å². The van der Waals surface area contributed by atoms with Crippen molar-refractivity contribution >= 4 is 5.69 Å². The summed E-state index contributed by atoms with van der Waals surface area (Å²) in [4.78, 5) is 2.15. The molecule has 0 radical (unpaired) electrons. The Morgan fingerprint density at radius 1 is 1.35 bits per heavy atom. The van der Waals surface area contributed by atoms with Gasteiger partial charge in [0.2, 0.25) is 0 Å². The van der Waals surface area contributed by atoms with Crippen LogP contribution < -0.4 is 10.2 Å². The molecule has 1 saturated carbocycles. The zero-order chi connectivity index (χ0) is 13.9. The van der Waals surface area contributed by atoms with E-state index < -0.39 is 0 Å². The first-order valence-electron chi connectivity index (χ1n) is 7.56. The van der Waals surface area contributed by atoms with Crippen LogP contribution in [0.1, 0.15) is 31.2 Å². The van der Waals surface area contributed by atoms with E-state index in [9.17, 15) is 4.39 Å². The first-order chi connectivity index (χ1) is 9.78. The summed E-state index contributed by atoms with van der Waals surface area (Å²) < 4.78 is 19.7. The number of benzene rings is 1. The predicted molar refractivity (Wildman–Crippen MR) is 78.5 cm³/mol. The minimum Gasteiger partial charge on any atom is -0.380 e. The molecular weight excluding hydrogens is 255 g/mol. The van der Waals surface area contributed by atoms with Gasteiger partial charge in [-0.05, 0) is 37.3 Å². The van der Waals surface area contributed by atoms with Crippen molar-refractivity contribution in [3.8, 4) is 0 Å². The highest BCUT2D eigenvalue weighted by atomic mass is 19.1. The van der Waals surface area contributed by atoms with Crippen LogP contribution in [-0.2, 0) is 11.3 Å². The van der Waals surface area contributed by atoms with Crippen LogP contribution in [0.4, 0.5) is 10.1 Å². The smallest absolute Gasteiger partial charge is 0.146 e. The Morgan fingerprint density at radius 2 is 2.20 bits per heavy atom. The first kappa shape index (κ1) is 13.8. The van der Waals surface area contributed by atoms with Crippen LogP contribution >= 0.6 is 0 Å². The molecule has 1 N–H and O–H groups in total. The maximum Gasteiger partial charge on any atom is 0.146 e. The van der Waals surface area contributed by atoms with Crippen LogP contribution in [-0.4, -0.2) is 32.3 Å². The van der Waals surface area contributed by atoms with Gasteiger partial charge in [-0.15, -0.1) is 0 Å². The van der Waals surface area contributed by atoms with E-state index >= 15 is 0 Å². The molecule has 2 fully saturated rings. The second kappa shape index (κ2) is 6.10. The number of nitrogens with zero attached hydrogens (tertiary/aromatic N) is 1. The van der Waals surface area contributed by atoms with Gasteiger partial charge in [-0.2, -0.15) is 0 Å². The fourth-order valence-corrected chi connectivity index (χ4v) is 2.93. The summed E-state index contributed by atoms with van der Waals surface area (Å²) in [5, 5.41) is 3.48. The molecule has 0 amide bonds. The normalized spacial score (nSPS) is 23.1. The highest BCUT2D eigenvalue weighted by molar-refractivity contribution is 5.55. The Bertz CT molecular complexity index is 462. The third kappa shape index (κ3) is 3.13. The van der Waals surface area contributed by atoms with Crippen molar-refractivity contribution in [2.24, 2.45) is 0 Å². The number of hydrogen-bond donors (Lipinski definition) is 1. The van der Waals surface area contributed by atoms with Gasteiger partial charge < -0.3 is 15.0 Å². The molecule has 0 aromatic heterocycles. The van der Waals surface area contributed by atoms with Crippen LogP contribution in [0.25, 0.3) is 0 Å². The summed E-state index contributed by atoms with van der Waals surface area (Å²) in [6.45, 7) is 2.46. The van der Waals surface area contributed by atoms with Crippen LogP contribution in [0, 0.1) is 5.82 Å². The van der Waals surface area contributed by atoms with Gasteiger partial charge in [0.25, 0.3) is 0 Å². The number of para-hydroxylation sites is 1. The van der Waals surface area contributed by atoms with Crippen molar-refractivity contribution < 1.29 is 9.13 Å². The third-order valence-electron chi connectivity index (χ3n) is 4.26. The average Bonchev–Trinajstić information content (AvgIpc) is 3.29. The molecule has 1 aliphatic carbocycles. The number of piperidine rings is 1. The molecule has 1 unspecified atom stereocenters. The molecule has 3 rings (SSSR count). The van der Waals surface area contributed by atoms with E-state index in [-0.39, 0.29) is 11.9 Å². The highest BCUT2D eigenvalue weighted by Gasteiger charge is 2.25. The molecular formula is C16H23FN2O. The lowest BCUT2D eigenvalue weighted by Crippen LogP contribution is -2.40. The second-order valence-electron chi connectivity index (χ2n) is 5.85. The molecule has 0 bridgehead atoms. The largest absolute Gasteiger partial charge is 0.380 e. The summed E-state index contributed by atoms with van der Waals surface area (Å²) in [5.74, 6) is -0.114. The van der Waals surface area contributed by atoms with Crippen LogP contribution in [0.3, 0.4) is 0 Å². The topological polar surface area (TPSA) is 24.5 Å². The maximum atomic E-state index is 14.3. The lowest BCUT2D eigenvalue weighted by molar-refractivity contribution is 0.0891. The van der Waals surface area contributed by atoms with E-state index in [2.05, 4.69) is 10.2 Å². The number of halogens is 1. The quantitative estimate of drug-likeness (QED) is 0.896. The summed E-state index contributed by atoms with van der Waals surface area (Å²) >= 11 is 0. The van der Waals surface area contributed by atoms with Gasteiger partial charge >= 0.3 is 0 Å². The molecule has 110 valence electrons. The number of nitrogens with one attached hydrogen (secondary N) is 1. The van der Waals surface area contributed by atoms with Gasteiger partial charge in [0.15, 0.2) is 0 Å². The van der Waals surface area contributed by atoms with Crippen molar-refractivity contribution in [1.29, 1.82) is 0 Å². The van der Waals surface area contributed by atoms with Crippen LogP contribution in [0.15, 0.2) is 18.2 Å². The summed E-state index contributed by atoms with van der Waals surface area (Å²) in [7, 11) is 1.74. The number of methoxy groups -OCH3 is 1. The summed E-state index contributed by atoms with van der Waals surface area (Å²) in [6.07, 6.45) is 4.84. The molecule has 4 heteroatoms. The third-order valence-corrected chi connectivity index (χ3v) is 4.26. The Balaban J connectivity index is 1.78. The Kier molecular flexibility index (Phi) is 4.22. The molecule has 2 aliphatic rings. The Morgan fingerprint density at radius 3 is 2.95 bits per heavy atom. The molecule has 1 aromatic rings. The van der Waals surface area contributed by atoms with Gasteiger partial charge in [0, 0.05) is 32.8 Å². The Labute approximate surface area is 120 Å². The molecule has 1 aliphatic heterocycles. The zero-order valence-electron chi connectivity index (χ0n) is 12.1. The lowest BCUT2D eigenvalue weighted by atomic mass is 10.0. The summed E-state index contributed by atoms with van der Waals surface area (Å²) in [5.41, 5.74) is 1.83. The minimum atomic E-state index is -0.114. The predicted octanol–water partition coefficient (Wildman–Crippen LogP) is 2.69. The molecule has 1 atom stereocenters. The number of anilines is 1. The van der Waals surface area contributed by atoms with E-state index in [1.807, 2.05) is 6.07 Å². The van der Waals surface area contributed by atoms with Crippen LogP contribution in [0.5, 0.6) is 0 Å². The zero-order valence-corrected chi connectivity index (χ0v) is 12.1. The standard InChI is InChI=1S/C16H23FN2O/c1-20-14-5-3-9-19(11-14)16-12(4-2-6-15(16)17)10-18-13-7-8-13/h2,4,6,13-14,18H,3,5,7-11H2,1H3. The number of ether oxygens (including phenoxy) is 1. The second-order valence-corrected chi connectivity index (χ2v) is 5.85. The molecule has 0 spiro atoms. The lowest BCUT2D eigenvalue weighted by Gasteiger charge is -2.35. The maximum absolute atomic E-state index is 14.3. The summed E-state index contributed by atoms with van der Waals surface area (Å²) in [6, 6.07) is 6.04. The molecule has 1 heterocycles.